The summed E-state index contributed by atoms with van der Waals surface area (Å²) in [6, 6.07) is 46.6. The van der Waals surface area contributed by atoms with Gasteiger partial charge in [-0.1, -0.05) is 97.1 Å². The molecule has 5 nitrogen and oxygen atoms in total. The maximum absolute atomic E-state index is 7.90. The number of hydrogen-bond donors (Lipinski definition) is 0. The van der Waals surface area contributed by atoms with Crippen LogP contribution in [0, 0.1) is 27.7 Å². The molecule has 2 heterocycles. The molecule has 4 aromatic carbocycles. The first-order chi connectivity index (χ1) is 23.8. The Labute approximate surface area is 296 Å². The fourth-order valence-electron chi connectivity index (χ4n) is 6.37. The number of para-hydroxylation sites is 2. The van der Waals surface area contributed by atoms with Crippen LogP contribution in [-0.2, 0) is 15.9 Å². The number of benzene rings is 4. The first-order valence-corrected chi connectivity index (χ1v) is 19.9. The fraction of sp³-hybridized carbons (Fsp3) is 0.190. The van der Waals surface area contributed by atoms with Crippen LogP contribution in [0.25, 0.3) is 0 Å². The fourth-order valence-corrected chi connectivity index (χ4v) is 8.20. The minimum absolute atomic E-state index is 0.583. The van der Waals surface area contributed by atoms with Crippen LogP contribution in [0.1, 0.15) is 44.8 Å². The van der Waals surface area contributed by atoms with E-state index in [1.165, 1.54) is 0 Å². The molecule has 0 fully saturated rings. The van der Waals surface area contributed by atoms with Gasteiger partial charge in [0, 0.05) is 31.6 Å². The van der Waals surface area contributed by atoms with Gasteiger partial charge in [-0.3, -0.25) is 0 Å². The zero-order chi connectivity index (χ0) is 34.4. The number of rotatable bonds is 12. The average Bonchev–Trinajstić information content (AvgIpc) is 3.14. The highest BCUT2D eigenvalue weighted by atomic mass is 28.1. The van der Waals surface area contributed by atoms with Crippen molar-refractivity contribution in [1.82, 2.24) is 9.97 Å². The Balaban J connectivity index is 1.59. The van der Waals surface area contributed by atoms with E-state index in [0.29, 0.717) is 11.8 Å². The van der Waals surface area contributed by atoms with Crippen LogP contribution in [0.3, 0.4) is 0 Å². The highest BCUT2D eigenvalue weighted by Gasteiger charge is 2.47. The van der Waals surface area contributed by atoms with Crippen molar-refractivity contribution in [3.05, 3.63) is 178 Å². The molecule has 2 aromatic heterocycles. The molecule has 49 heavy (non-hydrogen) atoms. The molecule has 2 unspecified atom stereocenters. The maximum Gasteiger partial charge on any atom is 0.222 e. The topological polar surface area (TPSA) is 53.5 Å². The standard InChI is InChI=1S/C42H44N2O3Si2/c1-29-25-37(43-39(31(29)3)45-35-21-13-7-14-22-35)41(27-48,33-17-9-5-10-18-33)47-42(28-49,34-19-11-6-12-20-34)38-26-30(2)32(4)40(44-38)46-36-23-15-8-16-24-36/h5-26H,27-28H2,1-4,48-49H3. The van der Waals surface area contributed by atoms with E-state index in [9.17, 15) is 0 Å². The highest BCUT2D eigenvalue weighted by molar-refractivity contribution is 6.10. The molecule has 0 saturated carbocycles. The van der Waals surface area contributed by atoms with Gasteiger partial charge in [-0.15, -0.1) is 0 Å². The maximum atomic E-state index is 7.90. The van der Waals surface area contributed by atoms with Crippen LogP contribution < -0.4 is 9.47 Å². The molecule has 0 spiro atoms. The monoisotopic (exact) mass is 680 g/mol. The third-order valence-corrected chi connectivity index (χ3v) is 11.5. The van der Waals surface area contributed by atoms with Gasteiger partial charge >= 0.3 is 0 Å². The second kappa shape index (κ2) is 14.7. The van der Waals surface area contributed by atoms with Crippen molar-refractivity contribution in [3.63, 3.8) is 0 Å². The quantitative estimate of drug-likeness (QED) is 0.122. The SMILES string of the molecule is Cc1cc(C(C[SiH3])(OC(C[SiH3])(c2ccccc2)c2cc(C)c(C)c(Oc3ccccc3)n2)c2ccccc2)nc(Oc2ccccc2)c1C. The van der Waals surface area contributed by atoms with E-state index in [2.05, 4.69) is 88.4 Å². The minimum atomic E-state index is -0.901. The summed E-state index contributed by atoms with van der Waals surface area (Å²) in [5.74, 6) is 2.66. The highest BCUT2D eigenvalue weighted by Crippen LogP contribution is 2.48. The van der Waals surface area contributed by atoms with Crippen molar-refractivity contribution in [2.45, 2.75) is 51.0 Å². The van der Waals surface area contributed by atoms with Crippen LogP contribution in [0.5, 0.6) is 23.3 Å². The summed E-state index contributed by atoms with van der Waals surface area (Å²) < 4.78 is 20.8. The molecule has 6 rings (SSSR count). The van der Waals surface area contributed by atoms with Crippen LogP contribution in [0.15, 0.2) is 133 Å². The molecular formula is C42H44N2O3Si2. The zero-order valence-corrected chi connectivity index (χ0v) is 33.2. The summed E-state index contributed by atoms with van der Waals surface area (Å²) in [6.45, 7) is 8.37. The van der Waals surface area contributed by atoms with Crippen molar-refractivity contribution in [1.29, 1.82) is 0 Å². The molecule has 0 radical (unpaired) electrons. The van der Waals surface area contributed by atoms with Gasteiger partial charge < -0.3 is 14.2 Å². The molecule has 0 aliphatic heterocycles. The van der Waals surface area contributed by atoms with E-state index in [-0.39, 0.29) is 0 Å². The summed E-state index contributed by atoms with van der Waals surface area (Å²) >= 11 is 0. The van der Waals surface area contributed by atoms with Gasteiger partial charge in [0.1, 0.15) is 22.7 Å². The second-order valence-corrected chi connectivity index (χ2v) is 13.9. The van der Waals surface area contributed by atoms with Gasteiger partial charge in [0.25, 0.3) is 0 Å². The van der Waals surface area contributed by atoms with Crippen molar-refractivity contribution in [2.75, 3.05) is 0 Å². The molecule has 6 aromatic rings. The average molecular weight is 681 g/mol. The summed E-state index contributed by atoms with van der Waals surface area (Å²) in [7, 11) is 1.69. The summed E-state index contributed by atoms with van der Waals surface area (Å²) in [4.78, 5) is 10.6. The van der Waals surface area contributed by atoms with Crippen LogP contribution in [0.2, 0.25) is 12.1 Å². The Kier molecular flexibility index (Phi) is 10.2. The van der Waals surface area contributed by atoms with Gasteiger partial charge in [0.05, 0.1) is 11.4 Å². The Hall–Kier alpha value is -4.83. The van der Waals surface area contributed by atoms with E-state index in [4.69, 9.17) is 24.2 Å². The van der Waals surface area contributed by atoms with Gasteiger partial charge in [0.2, 0.25) is 11.8 Å². The first kappa shape index (κ1) is 34.1. The third kappa shape index (κ3) is 6.88. The Morgan fingerprint density at radius 1 is 0.490 bits per heavy atom. The van der Waals surface area contributed by atoms with Gasteiger partial charge in [0.15, 0.2) is 0 Å². The second-order valence-electron chi connectivity index (χ2n) is 12.5. The minimum Gasteiger partial charge on any atom is -0.439 e. The third-order valence-electron chi connectivity index (χ3n) is 9.54. The molecule has 0 saturated heterocycles. The zero-order valence-electron chi connectivity index (χ0n) is 29.2. The summed E-state index contributed by atoms with van der Waals surface area (Å²) in [5.41, 5.74) is 6.12. The van der Waals surface area contributed by atoms with Crippen LogP contribution >= 0.6 is 0 Å². The van der Waals surface area contributed by atoms with E-state index in [1.54, 1.807) is 0 Å². The Bertz CT molecular complexity index is 1870. The largest absolute Gasteiger partial charge is 0.439 e. The van der Waals surface area contributed by atoms with Crippen molar-refractivity contribution in [2.24, 2.45) is 0 Å². The van der Waals surface area contributed by atoms with Crippen molar-refractivity contribution >= 4 is 20.5 Å². The van der Waals surface area contributed by atoms with Crippen LogP contribution in [0.4, 0.5) is 0 Å². The molecule has 7 heteroatoms. The number of aromatic nitrogens is 2. The lowest BCUT2D eigenvalue weighted by molar-refractivity contribution is -0.110. The first-order valence-electron chi connectivity index (χ1n) is 17.0. The number of ether oxygens (including phenoxy) is 3. The molecule has 0 bridgehead atoms. The lowest BCUT2D eigenvalue weighted by Gasteiger charge is -2.44. The van der Waals surface area contributed by atoms with Crippen molar-refractivity contribution in [3.8, 4) is 23.3 Å². The van der Waals surface area contributed by atoms with E-state index < -0.39 is 11.2 Å². The number of nitrogens with zero attached hydrogens (tertiary/aromatic N) is 2. The van der Waals surface area contributed by atoms with E-state index >= 15 is 0 Å². The molecular weight excluding hydrogens is 637 g/mol. The number of aryl methyl sites for hydroxylation is 2. The lowest BCUT2D eigenvalue weighted by Crippen LogP contribution is -2.44. The molecule has 0 amide bonds. The van der Waals surface area contributed by atoms with Crippen LogP contribution in [-0.4, -0.2) is 30.5 Å². The van der Waals surface area contributed by atoms with E-state index in [1.807, 2.05) is 72.8 Å². The van der Waals surface area contributed by atoms with Gasteiger partial charge in [-0.2, -0.15) is 0 Å². The molecule has 0 aliphatic rings. The summed E-state index contributed by atoms with van der Waals surface area (Å²) in [5, 5.41) is 0. The molecule has 2 atom stereocenters. The normalized spacial score (nSPS) is 13.8. The molecule has 0 N–H and O–H groups in total. The number of pyridine rings is 2. The molecule has 248 valence electrons. The van der Waals surface area contributed by atoms with Gasteiger partial charge in [-0.25, -0.2) is 9.97 Å². The predicted octanol–water partition coefficient (Wildman–Crippen LogP) is 8.07. The van der Waals surface area contributed by atoms with E-state index in [0.717, 1.165) is 88.8 Å². The molecule has 0 aliphatic carbocycles. The summed E-state index contributed by atoms with van der Waals surface area (Å²) in [6.07, 6.45) is 0. The Morgan fingerprint density at radius 2 is 0.816 bits per heavy atom. The smallest absolute Gasteiger partial charge is 0.222 e. The lowest BCUT2D eigenvalue weighted by atomic mass is 9.85. The number of hydrogen-bond acceptors (Lipinski definition) is 5. The van der Waals surface area contributed by atoms with Gasteiger partial charge in [-0.05, 0) is 98.4 Å². The predicted molar refractivity (Wildman–Crippen MR) is 205 cm³/mol. The van der Waals surface area contributed by atoms with Crippen molar-refractivity contribution < 1.29 is 14.2 Å². The Morgan fingerprint density at radius 3 is 1.14 bits per heavy atom.